The summed E-state index contributed by atoms with van der Waals surface area (Å²) in [5.74, 6) is 3.79. The van der Waals surface area contributed by atoms with Gasteiger partial charge in [0.05, 0.1) is 25.6 Å². The van der Waals surface area contributed by atoms with Crippen LogP contribution in [0.2, 0.25) is 5.15 Å². The van der Waals surface area contributed by atoms with E-state index in [0.29, 0.717) is 24.2 Å². The fourth-order valence-electron chi connectivity index (χ4n) is 2.51. The molecule has 0 unspecified atom stereocenters. The van der Waals surface area contributed by atoms with Gasteiger partial charge in [0.15, 0.2) is 0 Å². The summed E-state index contributed by atoms with van der Waals surface area (Å²) >= 11 is 6.21. The average Bonchev–Trinajstić information content (AvgIpc) is 3.03. The largest absolute Gasteiger partial charge is 0.467 e. The molecule has 5 nitrogen and oxygen atoms in total. The van der Waals surface area contributed by atoms with Crippen LogP contribution in [0.25, 0.3) is 0 Å². The minimum atomic E-state index is 0.446. The Morgan fingerprint density at radius 1 is 1.04 bits per heavy atom. The predicted octanol–water partition coefficient (Wildman–Crippen LogP) is 4.40. The predicted molar refractivity (Wildman–Crippen MR) is 86.3 cm³/mol. The first kappa shape index (κ1) is 14.3. The zero-order valence-electron chi connectivity index (χ0n) is 12.5. The average molecular weight is 330 g/mol. The third-order valence-electron chi connectivity index (χ3n) is 3.82. The number of nitrogens with zero attached hydrogens (tertiary/aromatic N) is 3. The van der Waals surface area contributed by atoms with Gasteiger partial charge in [0.1, 0.15) is 28.3 Å². The molecule has 6 heteroatoms. The highest BCUT2D eigenvalue weighted by Gasteiger charge is 2.28. The van der Waals surface area contributed by atoms with Crippen LogP contribution in [-0.4, -0.2) is 9.97 Å². The molecule has 0 spiro atoms. The third-order valence-corrected chi connectivity index (χ3v) is 4.01. The molecule has 1 fully saturated rings. The first-order chi connectivity index (χ1) is 11.3. The monoisotopic (exact) mass is 329 g/mol. The van der Waals surface area contributed by atoms with Crippen molar-refractivity contribution in [2.45, 2.75) is 31.8 Å². The molecule has 0 saturated heterocycles. The van der Waals surface area contributed by atoms with Gasteiger partial charge in [0.2, 0.25) is 0 Å². The SMILES string of the molecule is Clc1cc(N(Cc2ccco2)Cc2ccco2)nc(C2CC2)n1. The van der Waals surface area contributed by atoms with Gasteiger partial charge in [-0.05, 0) is 37.1 Å². The Kier molecular flexibility index (Phi) is 3.79. The molecule has 0 radical (unpaired) electrons. The topological polar surface area (TPSA) is 55.3 Å². The molecule has 3 heterocycles. The Balaban J connectivity index is 1.65. The van der Waals surface area contributed by atoms with E-state index in [4.69, 9.17) is 25.4 Å². The van der Waals surface area contributed by atoms with Gasteiger partial charge in [0.25, 0.3) is 0 Å². The van der Waals surface area contributed by atoms with Gasteiger partial charge < -0.3 is 13.7 Å². The highest BCUT2D eigenvalue weighted by Crippen LogP contribution is 2.39. The van der Waals surface area contributed by atoms with Gasteiger partial charge in [-0.3, -0.25) is 0 Å². The molecule has 118 valence electrons. The van der Waals surface area contributed by atoms with Gasteiger partial charge in [-0.25, -0.2) is 9.97 Å². The minimum Gasteiger partial charge on any atom is -0.467 e. The molecule has 0 bridgehead atoms. The lowest BCUT2D eigenvalue weighted by molar-refractivity contribution is 0.475. The van der Waals surface area contributed by atoms with E-state index in [1.54, 1.807) is 18.6 Å². The van der Waals surface area contributed by atoms with Crippen molar-refractivity contribution in [2.24, 2.45) is 0 Å². The summed E-state index contributed by atoms with van der Waals surface area (Å²) < 4.78 is 11.0. The van der Waals surface area contributed by atoms with Crippen molar-refractivity contribution in [3.8, 4) is 0 Å². The highest BCUT2D eigenvalue weighted by molar-refractivity contribution is 6.29. The maximum atomic E-state index is 6.21. The Labute approximate surface area is 138 Å². The molecule has 1 saturated carbocycles. The van der Waals surface area contributed by atoms with Crippen LogP contribution in [0.1, 0.15) is 36.1 Å². The lowest BCUT2D eigenvalue weighted by atomic mass is 10.3. The molecule has 0 N–H and O–H groups in total. The van der Waals surface area contributed by atoms with E-state index in [9.17, 15) is 0 Å². The van der Waals surface area contributed by atoms with Crippen molar-refractivity contribution in [3.63, 3.8) is 0 Å². The zero-order chi connectivity index (χ0) is 15.6. The molecule has 1 aliphatic rings. The van der Waals surface area contributed by atoms with Crippen molar-refractivity contribution in [3.05, 3.63) is 65.4 Å². The van der Waals surface area contributed by atoms with Crippen molar-refractivity contribution >= 4 is 17.4 Å². The number of hydrogen-bond acceptors (Lipinski definition) is 5. The van der Waals surface area contributed by atoms with Crippen LogP contribution in [0.4, 0.5) is 5.82 Å². The Morgan fingerprint density at radius 3 is 2.22 bits per heavy atom. The first-order valence-electron chi connectivity index (χ1n) is 7.62. The van der Waals surface area contributed by atoms with E-state index >= 15 is 0 Å². The van der Waals surface area contributed by atoms with Crippen LogP contribution in [0, 0.1) is 0 Å². The van der Waals surface area contributed by atoms with Crippen LogP contribution >= 0.6 is 11.6 Å². The quantitative estimate of drug-likeness (QED) is 0.627. The summed E-state index contributed by atoms with van der Waals surface area (Å²) in [6.07, 6.45) is 5.61. The smallest absolute Gasteiger partial charge is 0.135 e. The molecular formula is C17H16ClN3O2. The lowest BCUT2D eigenvalue weighted by Crippen LogP contribution is -2.23. The molecule has 4 rings (SSSR count). The van der Waals surface area contributed by atoms with Crippen molar-refractivity contribution in [1.29, 1.82) is 0 Å². The van der Waals surface area contributed by atoms with E-state index in [0.717, 1.165) is 36.0 Å². The zero-order valence-corrected chi connectivity index (χ0v) is 13.2. The van der Waals surface area contributed by atoms with Gasteiger partial charge in [-0.2, -0.15) is 0 Å². The summed E-state index contributed by atoms with van der Waals surface area (Å²) in [6, 6.07) is 9.44. The second-order valence-electron chi connectivity index (χ2n) is 5.70. The van der Waals surface area contributed by atoms with Gasteiger partial charge in [0, 0.05) is 12.0 Å². The fourth-order valence-corrected chi connectivity index (χ4v) is 2.69. The third kappa shape index (κ3) is 3.40. The van der Waals surface area contributed by atoms with Crippen LogP contribution in [0.3, 0.4) is 0 Å². The van der Waals surface area contributed by atoms with Gasteiger partial charge >= 0.3 is 0 Å². The standard InChI is InChI=1S/C17H16ClN3O2/c18-15-9-16(20-17(19-15)12-5-6-12)21(10-13-3-1-7-22-13)11-14-4-2-8-23-14/h1-4,7-9,12H,5-6,10-11H2. The van der Waals surface area contributed by atoms with Crippen LogP contribution < -0.4 is 4.90 Å². The molecule has 0 atom stereocenters. The number of hydrogen-bond donors (Lipinski definition) is 0. The van der Waals surface area contributed by atoms with Crippen LogP contribution in [-0.2, 0) is 13.1 Å². The number of anilines is 1. The molecule has 1 aliphatic carbocycles. The van der Waals surface area contributed by atoms with E-state index in [2.05, 4.69) is 9.88 Å². The Bertz CT molecular complexity index is 731. The van der Waals surface area contributed by atoms with Gasteiger partial charge in [-0.1, -0.05) is 11.6 Å². The summed E-state index contributed by atoms with van der Waals surface area (Å²) in [5, 5.41) is 0.473. The summed E-state index contributed by atoms with van der Waals surface area (Å²) in [6.45, 7) is 1.18. The summed E-state index contributed by atoms with van der Waals surface area (Å²) in [5.41, 5.74) is 0. The minimum absolute atomic E-state index is 0.446. The Morgan fingerprint density at radius 2 is 1.70 bits per heavy atom. The van der Waals surface area contributed by atoms with Crippen LogP contribution in [0.5, 0.6) is 0 Å². The molecule has 0 aliphatic heterocycles. The van der Waals surface area contributed by atoms with E-state index in [1.165, 1.54) is 0 Å². The molecule has 0 aromatic carbocycles. The number of furan rings is 2. The van der Waals surface area contributed by atoms with Crippen LogP contribution in [0.15, 0.2) is 51.7 Å². The van der Waals surface area contributed by atoms with E-state index in [-0.39, 0.29) is 0 Å². The molecule has 23 heavy (non-hydrogen) atoms. The fraction of sp³-hybridized carbons (Fsp3) is 0.294. The number of rotatable bonds is 6. The number of aromatic nitrogens is 2. The first-order valence-corrected chi connectivity index (χ1v) is 8.00. The summed E-state index contributed by atoms with van der Waals surface area (Å²) in [4.78, 5) is 11.1. The molecule has 0 amide bonds. The second kappa shape index (κ2) is 6.08. The summed E-state index contributed by atoms with van der Waals surface area (Å²) in [7, 11) is 0. The van der Waals surface area contributed by atoms with E-state index < -0.39 is 0 Å². The maximum absolute atomic E-state index is 6.21. The molecule has 3 aromatic rings. The number of halogens is 1. The van der Waals surface area contributed by atoms with Crippen molar-refractivity contribution in [2.75, 3.05) is 4.90 Å². The normalized spacial score (nSPS) is 14.1. The van der Waals surface area contributed by atoms with Crippen molar-refractivity contribution in [1.82, 2.24) is 9.97 Å². The maximum Gasteiger partial charge on any atom is 0.135 e. The Hall–Kier alpha value is -2.27. The molecule has 3 aromatic heterocycles. The van der Waals surface area contributed by atoms with E-state index in [1.807, 2.05) is 24.3 Å². The molecular weight excluding hydrogens is 314 g/mol. The lowest BCUT2D eigenvalue weighted by Gasteiger charge is -2.22. The highest BCUT2D eigenvalue weighted by atomic mass is 35.5. The second-order valence-corrected chi connectivity index (χ2v) is 6.08. The van der Waals surface area contributed by atoms with Crippen molar-refractivity contribution < 1.29 is 8.83 Å². The van der Waals surface area contributed by atoms with Gasteiger partial charge in [-0.15, -0.1) is 0 Å².